The Hall–Kier alpha value is -3.17. The Kier molecular flexibility index (Phi) is 11.1. The number of rotatable bonds is 15. The molecule has 0 radical (unpaired) electrons. The maximum atomic E-state index is 12.5. The van der Waals surface area contributed by atoms with Gasteiger partial charge in [-0.3, -0.25) is 9.80 Å². The van der Waals surface area contributed by atoms with Crippen LogP contribution in [0, 0.1) is 0 Å². The van der Waals surface area contributed by atoms with E-state index in [0.29, 0.717) is 18.0 Å². The Labute approximate surface area is 266 Å². The average molecular weight is 614 g/mol. The molecule has 1 saturated heterocycles. The van der Waals surface area contributed by atoms with Crippen molar-refractivity contribution >= 4 is 28.8 Å². The van der Waals surface area contributed by atoms with Gasteiger partial charge in [0.25, 0.3) is 0 Å². The molecule has 0 amide bonds. The molecule has 3 N–H and O–H groups in total. The zero-order chi connectivity index (χ0) is 30.9. The number of hydrogen-bond donors (Lipinski definition) is 2. The van der Waals surface area contributed by atoms with E-state index in [1.807, 2.05) is 6.26 Å². The third kappa shape index (κ3) is 7.37. The average Bonchev–Trinajstić information content (AvgIpc) is 3.42. The van der Waals surface area contributed by atoms with Gasteiger partial charge in [-0.15, -0.1) is 0 Å². The number of aromatic nitrogens is 2. The summed E-state index contributed by atoms with van der Waals surface area (Å²) in [4.78, 5) is 22.6. The summed E-state index contributed by atoms with van der Waals surface area (Å²) in [7, 11) is 0. The number of nitrogens with two attached hydrogens (primary N) is 1. The van der Waals surface area contributed by atoms with Crippen molar-refractivity contribution in [2.45, 2.75) is 63.7 Å². The molecular weight excluding hydrogens is 566 g/mol. The molecule has 7 nitrogen and oxygen atoms in total. The van der Waals surface area contributed by atoms with Gasteiger partial charge in [0, 0.05) is 39.3 Å². The number of unbranched alkanes of at least 4 members (excludes halogenated alkanes) is 3. The molecule has 1 fully saturated rings. The molecule has 1 aliphatic heterocycles. The topological polar surface area (TPSA) is 87.6 Å². The maximum absolute atomic E-state index is 12.5. The summed E-state index contributed by atoms with van der Waals surface area (Å²) < 4.78 is 2.08. The number of fused-ring (bicyclic) bond motifs is 1. The number of aliphatic carboxylic acids is 1. The molecule has 44 heavy (non-hydrogen) atoms. The van der Waals surface area contributed by atoms with Crippen molar-refractivity contribution in [3.63, 3.8) is 0 Å². The molecule has 0 bridgehead atoms. The van der Waals surface area contributed by atoms with E-state index in [0.717, 1.165) is 76.0 Å². The highest BCUT2D eigenvalue weighted by atomic mass is 32.2. The second-order valence-corrected chi connectivity index (χ2v) is 13.0. The molecule has 234 valence electrons. The second-order valence-electron chi connectivity index (χ2n) is 12.0. The molecular formula is C36H47N5O2S. The first-order valence-corrected chi connectivity index (χ1v) is 17.4. The highest BCUT2D eigenvalue weighted by molar-refractivity contribution is 7.98. The second kappa shape index (κ2) is 15.2. The fourth-order valence-corrected chi connectivity index (χ4v) is 6.96. The molecule has 2 heterocycles. The Morgan fingerprint density at radius 2 is 1.61 bits per heavy atom. The van der Waals surface area contributed by atoms with Crippen molar-refractivity contribution < 1.29 is 9.90 Å². The van der Waals surface area contributed by atoms with Crippen molar-refractivity contribution in [1.29, 1.82) is 0 Å². The predicted octanol–water partition coefficient (Wildman–Crippen LogP) is 6.52. The first-order valence-electron chi connectivity index (χ1n) is 16.0. The molecule has 1 unspecified atom stereocenters. The number of carbonyl (C=O) groups is 1. The largest absolute Gasteiger partial charge is 0.480 e. The van der Waals surface area contributed by atoms with E-state index in [4.69, 9.17) is 10.7 Å². The lowest BCUT2D eigenvalue weighted by Gasteiger charge is -2.39. The quantitative estimate of drug-likeness (QED) is 0.148. The lowest BCUT2D eigenvalue weighted by molar-refractivity contribution is -0.144. The van der Waals surface area contributed by atoms with Crippen LogP contribution in [0.15, 0.2) is 78.9 Å². The van der Waals surface area contributed by atoms with Crippen LogP contribution in [0.3, 0.4) is 0 Å². The molecule has 1 atom stereocenters. The smallest absolute Gasteiger partial charge is 0.331 e. The SMILES string of the molecule is CCCCCCn1c(C(N)(CCSC)C(=O)O)nc2cc(CN3CCN(C(c4ccccc4)c4ccccc4)CC3)ccc21. The monoisotopic (exact) mass is 613 g/mol. The van der Waals surface area contributed by atoms with Gasteiger partial charge in [0.15, 0.2) is 5.54 Å². The van der Waals surface area contributed by atoms with Gasteiger partial charge in [-0.1, -0.05) is 92.9 Å². The molecule has 4 aromatic rings. The number of thioether (sulfide) groups is 1. The van der Waals surface area contributed by atoms with E-state index in [1.165, 1.54) is 16.7 Å². The fraction of sp³-hybridized carbons (Fsp3) is 0.444. The Morgan fingerprint density at radius 3 is 2.20 bits per heavy atom. The number of imidazole rings is 1. The highest BCUT2D eigenvalue weighted by Gasteiger charge is 2.40. The van der Waals surface area contributed by atoms with Gasteiger partial charge < -0.3 is 15.4 Å². The van der Waals surface area contributed by atoms with Crippen LogP contribution in [0.1, 0.15) is 67.6 Å². The van der Waals surface area contributed by atoms with Crippen LogP contribution in [0.5, 0.6) is 0 Å². The third-order valence-corrected chi connectivity index (χ3v) is 9.55. The molecule has 1 aliphatic rings. The van der Waals surface area contributed by atoms with Crippen LogP contribution >= 0.6 is 11.8 Å². The standard InChI is InChI=1S/C36H47N5O2S/c1-3-4-5-12-20-41-32-18-17-28(26-31(32)38-34(41)36(37,35(42)43)19-25-44-2)27-39-21-23-40(24-22-39)33(29-13-8-6-9-14-29)30-15-10-7-11-16-30/h6-11,13-18,26,33H,3-5,12,19-25,27,37H2,1-2H3,(H,42,43). The molecule has 5 rings (SSSR count). The summed E-state index contributed by atoms with van der Waals surface area (Å²) >= 11 is 1.61. The van der Waals surface area contributed by atoms with E-state index in [1.54, 1.807) is 11.8 Å². The van der Waals surface area contributed by atoms with Crippen molar-refractivity contribution in [1.82, 2.24) is 19.4 Å². The molecule has 0 aliphatic carbocycles. The molecule has 0 saturated carbocycles. The van der Waals surface area contributed by atoms with Gasteiger partial charge in [-0.05, 0) is 53.7 Å². The zero-order valence-corrected chi connectivity index (χ0v) is 27.0. The first-order chi connectivity index (χ1) is 21.4. The summed E-state index contributed by atoms with van der Waals surface area (Å²) in [6, 6.07) is 28.3. The van der Waals surface area contributed by atoms with Crippen LogP contribution in [0.25, 0.3) is 11.0 Å². The van der Waals surface area contributed by atoms with Crippen LogP contribution in [0.2, 0.25) is 0 Å². The van der Waals surface area contributed by atoms with Crippen LogP contribution in [0.4, 0.5) is 0 Å². The number of aryl methyl sites for hydroxylation is 1. The molecule has 1 aromatic heterocycles. The van der Waals surface area contributed by atoms with E-state index < -0.39 is 11.5 Å². The summed E-state index contributed by atoms with van der Waals surface area (Å²) in [5.74, 6) is 0.123. The molecule has 8 heteroatoms. The van der Waals surface area contributed by atoms with Gasteiger partial charge in [0.2, 0.25) is 0 Å². The number of nitrogens with zero attached hydrogens (tertiary/aromatic N) is 4. The molecule has 0 spiro atoms. The highest BCUT2D eigenvalue weighted by Crippen LogP contribution is 2.31. The fourth-order valence-electron chi connectivity index (χ4n) is 6.44. The Balaban J connectivity index is 1.34. The number of carboxylic acid groups (broad SMARTS) is 1. The number of hydrogen-bond acceptors (Lipinski definition) is 6. The minimum absolute atomic E-state index is 0.243. The van der Waals surface area contributed by atoms with Crippen molar-refractivity contribution in [2.24, 2.45) is 5.73 Å². The lowest BCUT2D eigenvalue weighted by Crippen LogP contribution is -2.47. The van der Waals surface area contributed by atoms with Gasteiger partial charge in [0.05, 0.1) is 17.1 Å². The van der Waals surface area contributed by atoms with Gasteiger partial charge in [-0.25, -0.2) is 9.78 Å². The lowest BCUT2D eigenvalue weighted by atomic mass is 9.96. The van der Waals surface area contributed by atoms with Crippen LogP contribution in [-0.2, 0) is 23.4 Å². The minimum Gasteiger partial charge on any atom is -0.480 e. The summed E-state index contributed by atoms with van der Waals surface area (Å²) in [6.07, 6.45) is 6.71. The van der Waals surface area contributed by atoms with Crippen LogP contribution < -0.4 is 5.73 Å². The number of carboxylic acids is 1. The number of benzene rings is 3. The third-order valence-electron chi connectivity index (χ3n) is 8.94. The number of piperazine rings is 1. The maximum Gasteiger partial charge on any atom is 0.331 e. The Bertz CT molecular complexity index is 1450. The van der Waals surface area contributed by atoms with E-state index in [-0.39, 0.29) is 6.04 Å². The summed E-state index contributed by atoms with van der Waals surface area (Å²) in [6.45, 7) is 7.68. The van der Waals surface area contributed by atoms with E-state index in [2.05, 4.69) is 100 Å². The van der Waals surface area contributed by atoms with Crippen molar-refractivity contribution in [2.75, 3.05) is 38.2 Å². The molecule has 3 aromatic carbocycles. The van der Waals surface area contributed by atoms with E-state index in [9.17, 15) is 9.90 Å². The van der Waals surface area contributed by atoms with Crippen molar-refractivity contribution in [3.8, 4) is 0 Å². The van der Waals surface area contributed by atoms with Gasteiger partial charge in [-0.2, -0.15) is 11.8 Å². The van der Waals surface area contributed by atoms with Gasteiger partial charge in [0.1, 0.15) is 5.82 Å². The van der Waals surface area contributed by atoms with Gasteiger partial charge >= 0.3 is 5.97 Å². The van der Waals surface area contributed by atoms with Crippen molar-refractivity contribution in [3.05, 3.63) is 101 Å². The zero-order valence-electron chi connectivity index (χ0n) is 26.2. The van der Waals surface area contributed by atoms with E-state index >= 15 is 0 Å². The predicted molar refractivity (Wildman–Crippen MR) is 182 cm³/mol. The first kappa shape index (κ1) is 32.2. The van der Waals surface area contributed by atoms with Crippen LogP contribution in [-0.4, -0.2) is 68.6 Å². The normalized spacial score (nSPS) is 16.0. The summed E-state index contributed by atoms with van der Waals surface area (Å²) in [5, 5.41) is 10.3. The summed E-state index contributed by atoms with van der Waals surface area (Å²) in [5.41, 5.74) is 10.8. The minimum atomic E-state index is -1.52. The Morgan fingerprint density at radius 1 is 0.955 bits per heavy atom.